The minimum absolute atomic E-state index is 0.427. The molecule has 1 saturated carbocycles. The van der Waals surface area contributed by atoms with E-state index < -0.39 is 0 Å². The van der Waals surface area contributed by atoms with Crippen molar-refractivity contribution in [2.75, 3.05) is 13.2 Å². The smallest absolute Gasteiger partial charge is 0.0700 e. The van der Waals surface area contributed by atoms with Gasteiger partial charge < -0.3 is 10.1 Å². The van der Waals surface area contributed by atoms with Gasteiger partial charge in [-0.1, -0.05) is 25.7 Å². The molecule has 1 heterocycles. The minimum Gasteiger partial charge on any atom is -0.377 e. The lowest BCUT2D eigenvalue weighted by Gasteiger charge is -2.20. The van der Waals surface area contributed by atoms with Crippen molar-refractivity contribution in [2.24, 2.45) is 5.92 Å². The fraction of sp³-hybridized carbons (Fsp3) is 1.00. The highest BCUT2D eigenvalue weighted by Gasteiger charge is 2.24. The van der Waals surface area contributed by atoms with Crippen LogP contribution in [0.15, 0.2) is 0 Å². The first kappa shape index (κ1) is 11.4. The highest BCUT2D eigenvalue weighted by molar-refractivity contribution is 4.80. The maximum Gasteiger partial charge on any atom is 0.0700 e. The maximum absolute atomic E-state index is 5.57. The molecule has 2 atom stereocenters. The third-order valence-electron chi connectivity index (χ3n) is 4.02. The predicted octanol–water partition coefficient (Wildman–Crippen LogP) is 2.72. The van der Waals surface area contributed by atoms with Crippen LogP contribution in [0, 0.1) is 5.92 Å². The number of ether oxygens (including phenoxy) is 1. The van der Waals surface area contributed by atoms with Crippen molar-refractivity contribution in [3.63, 3.8) is 0 Å². The topological polar surface area (TPSA) is 21.3 Å². The summed E-state index contributed by atoms with van der Waals surface area (Å²) in [6, 6.07) is 0.619. The van der Waals surface area contributed by atoms with E-state index in [0.717, 1.165) is 12.5 Å². The van der Waals surface area contributed by atoms with Crippen LogP contribution in [0.2, 0.25) is 0 Å². The summed E-state index contributed by atoms with van der Waals surface area (Å²) in [5, 5.41) is 3.70. The molecule has 0 radical (unpaired) electrons. The van der Waals surface area contributed by atoms with E-state index in [-0.39, 0.29) is 0 Å². The van der Waals surface area contributed by atoms with E-state index in [1.54, 1.807) is 0 Å². The third kappa shape index (κ3) is 3.46. The van der Waals surface area contributed by atoms with E-state index in [9.17, 15) is 0 Å². The van der Waals surface area contributed by atoms with Crippen LogP contribution in [0.25, 0.3) is 0 Å². The van der Waals surface area contributed by atoms with Gasteiger partial charge in [-0.15, -0.1) is 0 Å². The van der Waals surface area contributed by atoms with Crippen LogP contribution in [-0.4, -0.2) is 25.3 Å². The Morgan fingerprint density at radius 2 is 1.80 bits per heavy atom. The molecule has 2 unspecified atom stereocenters. The quantitative estimate of drug-likeness (QED) is 0.725. The second kappa shape index (κ2) is 5.86. The second-order valence-electron chi connectivity index (χ2n) is 5.24. The minimum atomic E-state index is 0.427. The zero-order chi connectivity index (χ0) is 10.5. The molecule has 2 heteroatoms. The molecule has 0 aromatic heterocycles. The van der Waals surface area contributed by atoms with Crippen LogP contribution in [0.3, 0.4) is 0 Å². The summed E-state index contributed by atoms with van der Waals surface area (Å²) in [5.41, 5.74) is 0. The standard InChI is InChI=1S/C13H25NO/c1-11-13(8-9-15-11)14-10-12-6-4-2-3-5-7-12/h11-14H,2-10H2,1H3. The maximum atomic E-state index is 5.57. The zero-order valence-electron chi connectivity index (χ0n) is 10.0. The van der Waals surface area contributed by atoms with E-state index in [1.165, 1.54) is 51.5 Å². The van der Waals surface area contributed by atoms with E-state index in [1.807, 2.05) is 0 Å². The first-order chi connectivity index (χ1) is 7.36. The Bertz CT molecular complexity index is 175. The summed E-state index contributed by atoms with van der Waals surface area (Å²) >= 11 is 0. The summed E-state index contributed by atoms with van der Waals surface area (Å²) in [6.45, 7) is 4.36. The monoisotopic (exact) mass is 211 g/mol. The first-order valence-corrected chi connectivity index (χ1v) is 6.71. The molecule has 0 aromatic carbocycles. The summed E-state index contributed by atoms with van der Waals surface area (Å²) in [7, 11) is 0. The van der Waals surface area contributed by atoms with Crippen molar-refractivity contribution in [3.8, 4) is 0 Å². The molecular weight excluding hydrogens is 186 g/mol. The Labute approximate surface area is 93.8 Å². The highest BCUT2D eigenvalue weighted by atomic mass is 16.5. The molecule has 0 spiro atoms. The van der Waals surface area contributed by atoms with Crippen molar-refractivity contribution in [3.05, 3.63) is 0 Å². The van der Waals surface area contributed by atoms with E-state index >= 15 is 0 Å². The molecule has 2 fully saturated rings. The molecule has 1 aliphatic carbocycles. The first-order valence-electron chi connectivity index (χ1n) is 6.71. The Hall–Kier alpha value is -0.0800. The molecule has 2 rings (SSSR count). The van der Waals surface area contributed by atoms with Gasteiger partial charge in [0, 0.05) is 12.6 Å². The average molecular weight is 211 g/mol. The molecule has 0 aromatic rings. The van der Waals surface area contributed by atoms with Gasteiger partial charge in [-0.3, -0.25) is 0 Å². The lowest BCUT2D eigenvalue weighted by Crippen LogP contribution is -2.37. The summed E-state index contributed by atoms with van der Waals surface area (Å²) < 4.78 is 5.57. The van der Waals surface area contributed by atoms with Crippen molar-refractivity contribution in [2.45, 2.75) is 64.0 Å². The molecule has 1 aliphatic heterocycles. The van der Waals surface area contributed by atoms with Crippen LogP contribution in [0.5, 0.6) is 0 Å². The predicted molar refractivity (Wildman–Crippen MR) is 63.0 cm³/mol. The fourth-order valence-electron chi connectivity index (χ4n) is 2.89. The van der Waals surface area contributed by atoms with Crippen LogP contribution in [0.1, 0.15) is 51.9 Å². The normalized spacial score (nSPS) is 34.2. The summed E-state index contributed by atoms with van der Waals surface area (Å²) in [4.78, 5) is 0. The van der Waals surface area contributed by atoms with Crippen LogP contribution in [0.4, 0.5) is 0 Å². The Kier molecular flexibility index (Phi) is 4.45. The van der Waals surface area contributed by atoms with Gasteiger partial charge in [0.1, 0.15) is 0 Å². The highest BCUT2D eigenvalue weighted by Crippen LogP contribution is 2.23. The van der Waals surface area contributed by atoms with Gasteiger partial charge in [-0.05, 0) is 38.6 Å². The average Bonchev–Trinajstić information content (AvgIpc) is 2.53. The van der Waals surface area contributed by atoms with Crippen molar-refractivity contribution >= 4 is 0 Å². The third-order valence-corrected chi connectivity index (χ3v) is 4.02. The van der Waals surface area contributed by atoms with Crippen LogP contribution in [-0.2, 0) is 4.74 Å². The largest absolute Gasteiger partial charge is 0.377 e. The number of hydrogen-bond acceptors (Lipinski definition) is 2. The zero-order valence-corrected chi connectivity index (χ0v) is 10.0. The SMILES string of the molecule is CC1OCCC1NCC1CCCCCC1. The summed E-state index contributed by atoms with van der Waals surface area (Å²) in [5.74, 6) is 0.931. The van der Waals surface area contributed by atoms with E-state index in [4.69, 9.17) is 4.74 Å². The molecule has 1 N–H and O–H groups in total. The molecule has 2 nitrogen and oxygen atoms in total. The fourth-order valence-corrected chi connectivity index (χ4v) is 2.89. The van der Waals surface area contributed by atoms with Gasteiger partial charge in [0.25, 0.3) is 0 Å². The molecule has 15 heavy (non-hydrogen) atoms. The second-order valence-corrected chi connectivity index (χ2v) is 5.24. The molecule has 0 bridgehead atoms. The lowest BCUT2D eigenvalue weighted by atomic mass is 9.99. The Balaban J connectivity index is 1.67. The van der Waals surface area contributed by atoms with Gasteiger partial charge in [0.2, 0.25) is 0 Å². The number of rotatable bonds is 3. The van der Waals surface area contributed by atoms with Gasteiger partial charge in [-0.25, -0.2) is 0 Å². The molecule has 0 amide bonds. The van der Waals surface area contributed by atoms with Crippen molar-refractivity contribution in [1.82, 2.24) is 5.32 Å². The van der Waals surface area contributed by atoms with Crippen molar-refractivity contribution in [1.29, 1.82) is 0 Å². The Morgan fingerprint density at radius 1 is 1.07 bits per heavy atom. The van der Waals surface area contributed by atoms with Crippen LogP contribution >= 0.6 is 0 Å². The number of hydrogen-bond donors (Lipinski definition) is 1. The number of nitrogens with one attached hydrogen (secondary N) is 1. The van der Waals surface area contributed by atoms with E-state index in [2.05, 4.69) is 12.2 Å². The van der Waals surface area contributed by atoms with E-state index in [0.29, 0.717) is 12.1 Å². The van der Waals surface area contributed by atoms with Gasteiger partial charge in [0.15, 0.2) is 0 Å². The molecule has 88 valence electrons. The molecule has 2 aliphatic rings. The van der Waals surface area contributed by atoms with Gasteiger partial charge in [0.05, 0.1) is 6.10 Å². The molecular formula is C13H25NO. The van der Waals surface area contributed by atoms with Gasteiger partial charge >= 0.3 is 0 Å². The van der Waals surface area contributed by atoms with Crippen LogP contribution < -0.4 is 5.32 Å². The van der Waals surface area contributed by atoms with Crippen molar-refractivity contribution < 1.29 is 4.74 Å². The Morgan fingerprint density at radius 3 is 2.40 bits per heavy atom. The van der Waals surface area contributed by atoms with Gasteiger partial charge in [-0.2, -0.15) is 0 Å². The molecule has 1 saturated heterocycles. The summed E-state index contributed by atoms with van der Waals surface area (Å²) in [6.07, 6.45) is 10.3. The lowest BCUT2D eigenvalue weighted by molar-refractivity contribution is 0.112.